The average molecular weight is 394 g/mol. The predicted molar refractivity (Wildman–Crippen MR) is 111 cm³/mol. The molecule has 0 radical (unpaired) electrons. The number of nitrogens with zero attached hydrogens (tertiary/aromatic N) is 4. The van der Waals surface area contributed by atoms with Gasteiger partial charge in [0.25, 0.3) is 5.91 Å². The van der Waals surface area contributed by atoms with E-state index in [0.717, 1.165) is 54.4 Å². The van der Waals surface area contributed by atoms with Crippen molar-refractivity contribution in [2.45, 2.75) is 25.7 Å². The summed E-state index contributed by atoms with van der Waals surface area (Å²) in [6, 6.07) is 9.64. The van der Waals surface area contributed by atoms with Crippen LogP contribution in [0.4, 0.5) is 0 Å². The number of carbonyl (C=O) groups excluding carboxylic acids is 1. The van der Waals surface area contributed by atoms with Crippen molar-refractivity contribution >= 4 is 17.1 Å². The van der Waals surface area contributed by atoms with Gasteiger partial charge >= 0.3 is 0 Å². The van der Waals surface area contributed by atoms with E-state index >= 15 is 0 Å². The number of carbonyl (C=O) groups is 1. The molecule has 1 amide bonds. The molecule has 0 bridgehead atoms. The van der Waals surface area contributed by atoms with Crippen LogP contribution < -0.4 is 4.74 Å². The number of benzene rings is 1. The molecule has 152 valence electrons. The number of fused-ring (bicyclic) bond motifs is 1. The fraction of sp³-hybridized carbons (Fsp3) is 0.409. The minimum atomic E-state index is 0.0385. The Hall–Kier alpha value is -2.93. The summed E-state index contributed by atoms with van der Waals surface area (Å²) < 4.78 is 12.5. The summed E-state index contributed by atoms with van der Waals surface area (Å²) in [5.74, 6) is 1.68. The quantitative estimate of drug-likeness (QED) is 0.642. The number of aromatic nitrogens is 3. The Morgan fingerprint density at radius 2 is 1.86 bits per heavy atom. The molecule has 1 aliphatic heterocycles. The monoisotopic (exact) mass is 394 g/mol. The van der Waals surface area contributed by atoms with Gasteiger partial charge in [0.05, 0.1) is 19.3 Å². The van der Waals surface area contributed by atoms with Crippen molar-refractivity contribution in [3.8, 4) is 11.4 Å². The van der Waals surface area contributed by atoms with Crippen LogP contribution in [0.3, 0.4) is 0 Å². The van der Waals surface area contributed by atoms with Gasteiger partial charge in [-0.3, -0.25) is 9.36 Å². The van der Waals surface area contributed by atoms with Gasteiger partial charge in [-0.2, -0.15) is 0 Å². The number of piperidine rings is 1. The van der Waals surface area contributed by atoms with E-state index in [2.05, 4.69) is 4.98 Å². The highest BCUT2D eigenvalue weighted by atomic mass is 16.5. The second-order valence-electron chi connectivity index (χ2n) is 7.22. The normalized spacial score (nSPS) is 14.3. The van der Waals surface area contributed by atoms with E-state index in [9.17, 15) is 4.79 Å². The maximum absolute atomic E-state index is 12.9. The summed E-state index contributed by atoms with van der Waals surface area (Å²) in [5.41, 5.74) is 2.99. The Kier molecular flexibility index (Phi) is 5.76. The molecule has 4 rings (SSSR count). The highest BCUT2D eigenvalue weighted by Gasteiger charge is 2.21. The van der Waals surface area contributed by atoms with Gasteiger partial charge in [-0.1, -0.05) is 0 Å². The zero-order valence-electron chi connectivity index (χ0n) is 16.9. The lowest BCUT2D eigenvalue weighted by atomic mass is 10.1. The summed E-state index contributed by atoms with van der Waals surface area (Å²) >= 11 is 0. The van der Waals surface area contributed by atoms with Crippen molar-refractivity contribution in [3.05, 3.63) is 47.9 Å². The first kappa shape index (κ1) is 19.4. The van der Waals surface area contributed by atoms with Crippen molar-refractivity contribution in [3.63, 3.8) is 0 Å². The van der Waals surface area contributed by atoms with Gasteiger partial charge in [0.15, 0.2) is 5.65 Å². The number of methoxy groups -OCH3 is 2. The van der Waals surface area contributed by atoms with Crippen molar-refractivity contribution in [2.24, 2.45) is 0 Å². The van der Waals surface area contributed by atoms with Crippen molar-refractivity contribution in [1.82, 2.24) is 19.4 Å². The van der Waals surface area contributed by atoms with Crippen LogP contribution >= 0.6 is 0 Å². The fourth-order valence-electron chi connectivity index (χ4n) is 3.77. The molecule has 1 fully saturated rings. The molecule has 0 saturated carbocycles. The first-order valence-corrected chi connectivity index (χ1v) is 10.0. The molecule has 0 atom stereocenters. The van der Waals surface area contributed by atoms with Crippen LogP contribution in [0.1, 0.15) is 35.4 Å². The largest absolute Gasteiger partial charge is 0.497 e. The number of amides is 1. The topological polar surface area (TPSA) is 69.5 Å². The maximum atomic E-state index is 12.9. The molecule has 0 spiro atoms. The lowest BCUT2D eigenvalue weighted by Crippen LogP contribution is -2.35. The van der Waals surface area contributed by atoms with Crippen LogP contribution in [0.5, 0.6) is 5.75 Å². The fourth-order valence-corrected chi connectivity index (χ4v) is 3.77. The molecule has 1 aromatic carbocycles. The lowest BCUT2D eigenvalue weighted by Gasteiger charge is -2.26. The molecular formula is C22H26N4O3. The second-order valence-corrected chi connectivity index (χ2v) is 7.22. The number of ether oxygens (including phenoxy) is 2. The molecule has 0 N–H and O–H groups in total. The maximum Gasteiger partial charge on any atom is 0.255 e. The first-order valence-electron chi connectivity index (χ1n) is 10.0. The molecule has 29 heavy (non-hydrogen) atoms. The smallest absolute Gasteiger partial charge is 0.255 e. The highest BCUT2D eigenvalue weighted by molar-refractivity contribution is 5.96. The Labute approximate surface area is 170 Å². The van der Waals surface area contributed by atoms with Crippen LogP contribution in [0, 0.1) is 0 Å². The van der Waals surface area contributed by atoms with Crippen LogP contribution in [-0.4, -0.2) is 59.3 Å². The minimum Gasteiger partial charge on any atom is -0.497 e. The number of likely N-dealkylation sites (tertiary alicyclic amines) is 1. The Morgan fingerprint density at radius 1 is 1.10 bits per heavy atom. The predicted octanol–water partition coefficient (Wildman–Crippen LogP) is 3.24. The molecule has 3 aromatic rings. The number of rotatable bonds is 6. The van der Waals surface area contributed by atoms with Crippen molar-refractivity contribution in [2.75, 3.05) is 33.9 Å². The Bertz CT molecular complexity index is 991. The van der Waals surface area contributed by atoms with Crippen LogP contribution in [0.2, 0.25) is 0 Å². The third kappa shape index (κ3) is 3.96. The Morgan fingerprint density at radius 3 is 2.55 bits per heavy atom. The third-order valence-electron chi connectivity index (χ3n) is 5.32. The number of hydrogen-bond donors (Lipinski definition) is 0. The number of pyridine rings is 1. The highest BCUT2D eigenvalue weighted by Crippen LogP contribution is 2.24. The van der Waals surface area contributed by atoms with E-state index in [-0.39, 0.29) is 5.91 Å². The van der Waals surface area contributed by atoms with Crippen LogP contribution in [0.15, 0.2) is 36.5 Å². The van der Waals surface area contributed by atoms with E-state index in [4.69, 9.17) is 14.5 Å². The van der Waals surface area contributed by atoms with Crippen LogP contribution in [0.25, 0.3) is 16.9 Å². The molecule has 3 heterocycles. The van der Waals surface area contributed by atoms with Crippen molar-refractivity contribution < 1.29 is 14.3 Å². The van der Waals surface area contributed by atoms with Crippen molar-refractivity contribution in [1.29, 1.82) is 0 Å². The van der Waals surface area contributed by atoms with Gasteiger partial charge in [-0.15, -0.1) is 0 Å². The number of imidazole rings is 1. The summed E-state index contributed by atoms with van der Waals surface area (Å²) in [5, 5.41) is 0. The van der Waals surface area contributed by atoms with Gasteiger partial charge in [0.2, 0.25) is 0 Å². The molecule has 0 unspecified atom stereocenters. The zero-order chi connectivity index (χ0) is 20.2. The second kappa shape index (κ2) is 8.61. The summed E-state index contributed by atoms with van der Waals surface area (Å²) in [7, 11) is 3.32. The minimum absolute atomic E-state index is 0.0385. The van der Waals surface area contributed by atoms with E-state index in [0.29, 0.717) is 18.6 Å². The van der Waals surface area contributed by atoms with Gasteiger partial charge in [0.1, 0.15) is 17.1 Å². The Balaban J connectivity index is 1.73. The molecular weight excluding hydrogens is 368 g/mol. The van der Waals surface area contributed by atoms with Gasteiger partial charge in [-0.25, -0.2) is 9.97 Å². The summed E-state index contributed by atoms with van der Waals surface area (Å²) in [6.07, 6.45) is 5.63. The van der Waals surface area contributed by atoms with Gasteiger partial charge < -0.3 is 14.4 Å². The van der Waals surface area contributed by atoms with Gasteiger partial charge in [0, 0.05) is 38.5 Å². The SMILES string of the molecule is COCCc1nc2cc(C(=O)N3CCCCC3)cnc2n1-c1ccc(OC)cc1. The zero-order valence-corrected chi connectivity index (χ0v) is 16.9. The first-order chi connectivity index (χ1) is 14.2. The molecule has 7 heteroatoms. The summed E-state index contributed by atoms with van der Waals surface area (Å²) in [4.78, 5) is 24.2. The van der Waals surface area contributed by atoms with Crippen LogP contribution in [-0.2, 0) is 11.2 Å². The third-order valence-corrected chi connectivity index (χ3v) is 5.32. The van der Waals surface area contributed by atoms with E-state index in [1.165, 1.54) is 6.42 Å². The lowest BCUT2D eigenvalue weighted by molar-refractivity contribution is 0.0724. The summed E-state index contributed by atoms with van der Waals surface area (Å²) in [6.45, 7) is 2.19. The standard InChI is InChI=1S/C22H26N4O3/c1-28-13-10-20-24-19-14-16(22(27)25-11-4-3-5-12-25)15-23-21(19)26(20)17-6-8-18(29-2)9-7-17/h6-9,14-15H,3-5,10-13H2,1-2H3. The molecule has 0 aliphatic carbocycles. The molecule has 2 aromatic heterocycles. The average Bonchev–Trinajstić information content (AvgIpc) is 3.15. The van der Waals surface area contributed by atoms with E-state index < -0.39 is 0 Å². The molecule has 7 nitrogen and oxygen atoms in total. The number of hydrogen-bond acceptors (Lipinski definition) is 5. The molecule has 1 saturated heterocycles. The molecule has 1 aliphatic rings. The van der Waals surface area contributed by atoms with E-state index in [1.807, 2.05) is 39.8 Å². The van der Waals surface area contributed by atoms with Gasteiger partial charge in [-0.05, 0) is 49.6 Å². The van der Waals surface area contributed by atoms with E-state index in [1.54, 1.807) is 20.4 Å².